The Morgan fingerprint density at radius 3 is 1.23 bits per heavy atom. The van der Waals surface area contributed by atoms with Gasteiger partial charge < -0.3 is 20.9 Å². The summed E-state index contributed by atoms with van der Waals surface area (Å²) in [6.45, 7) is 3.94. The van der Waals surface area contributed by atoms with Gasteiger partial charge in [0.05, 0.1) is 0 Å². The third kappa shape index (κ3) is 5.17. The lowest BCUT2D eigenvalue weighted by Crippen LogP contribution is -1.92. The first-order chi connectivity index (χ1) is 15.0. The lowest BCUT2D eigenvalue weighted by molar-refractivity contribution is 0.482. The molecule has 0 atom stereocenters. The number of benzene rings is 4. The fourth-order valence-corrected chi connectivity index (χ4v) is 3.28. The highest BCUT2D eigenvalue weighted by Crippen LogP contribution is 2.27. The molecule has 0 heterocycles. The molecule has 0 fully saturated rings. The van der Waals surface area contributed by atoms with Crippen LogP contribution in [0.4, 0.5) is 11.4 Å². The Hall–Kier alpha value is -3.92. The third-order valence-corrected chi connectivity index (χ3v) is 5.21. The summed E-state index contributed by atoms with van der Waals surface area (Å²) in [5.74, 6) is 3.17. The summed E-state index contributed by atoms with van der Waals surface area (Å²) in [7, 11) is 0. The van der Waals surface area contributed by atoms with Crippen molar-refractivity contribution in [2.45, 2.75) is 20.3 Å². The van der Waals surface area contributed by atoms with Crippen LogP contribution in [0.5, 0.6) is 23.0 Å². The number of rotatable bonds is 6. The van der Waals surface area contributed by atoms with Crippen molar-refractivity contribution in [2.75, 3.05) is 11.5 Å². The largest absolute Gasteiger partial charge is 0.457 e. The molecule has 4 rings (SSSR count). The molecule has 4 heteroatoms. The molecule has 156 valence electrons. The number of aryl methyl sites for hydroxylation is 2. The minimum atomic E-state index is 0.766. The highest BCUT2D eigenvalue weighted by atomic mass is 16.5. The summed E-state index contributed by atoms with van der Waals surface area (Å²) in [6, 6.07) is 27.7. The molecule has 0 radical (unpaired) electrons. The maximum Gasteiger partial charge on any atom is 0.127 e. The van der Waals surface area contributed by atoms with E-state index in [1.165, 1.54) is 11.1 Å². The Balaban J connectivity index is 1.37. The molecule has 4 N–H and O–H groups in total. The van der Waals surface area contributed by atoms with E-state index in [1.807, 2.05) is 74.5 Å². The normalized spacial score (nSPS) is 10.6. The van der Waals surface area contributed by atoms with Crippen molar-refractivity contribution in [3.8, 4) is 23.0 Å². The van der Waals surface area contributed by atoms with Gasteiger partial charge in [-0.25, -0.2) is 0 Å². The van der Waals surface area contributed by atoms with Gasteiger partial charge in [-0.05, 0) is 103 Å². The molecule has 4 aromatic rings. The van der Waals surface area contributed by atoms with E-state index in [4.69, 9.17) is 20.9 Å². The van der Waals surface area contributed by atoms with Crippen LogP contribution in [-0.2, 0) is 6.42 Å². The second-order valence-corrected chi connectivity index (χ2v) is 7.71. The van der Waals surface area contributed by atoms with E-state index >= 15 is 0 Å². The molecule has 0 saturated heterocycles. The van der Waals surface area contributed by atoms with Gasteiger partial charge in [-0.1, -0.05) is 24.3 Å². The van der Waals surface area contributed by atoms with E-state index in [9.17, 15) is 0 Å². The molecule has 4 aromatic carbocycles. The van der Waals surface area contributed by atoms with Gasteiger partial charge in [-0.2, -0.15) is 0 Å². The lowest BCUT2D eigenvalue weighted by atomic mass is 10.0. The van der Waals surface area contributed by atoms with E-state index < -0.39 is 0 Å². The van der Waals surface area contributed by atoms with Crippen LogP contribution in [0, 0.1) is 13.8 Å². The zero-order chi connectivity index (χ0) is 21.8. The molecule has 31 heavy (non-hydrogen) atoms. The molecule has 0 spiro atoms. The summed E-state index contributed by atoms with van der Waals surface area (Å²) in [6.07, 6.45) is 0.836. The van der Waals surface area contributed by atoms with Crippen molar-refractivity contribution in [2.24, 2.45) is 0 Å². The summed E-state index contributed by atoms with van der Waals surface area (Å²) in [4.78, 5) is 0. The first kappa shape index (κ1) is 20.4. The van der Waals surface area contributed by atoms with Crippen molar-refractivity contribution < 1.29 is 9.47 Å². The minimum Gasteiger partial charge on any atom is -0.457 e. The van der Waals surface area contributed by atoms with Crippen LogP contribution in [0.15, 0.2) is 84.9 Å². The molecule has 0 unspecified atom stereocenters. The van der Waals surface area contributed by atoms with Crippen LogP contribution >= 0.6 is 0 Å². The zero-order valence-corrected chi connectivity index (χ0v) is 17.8. The van der Waals surface area contributed by atoms with Gasteiger partial charge in [0.2, 0.25) is 0 Å². The highest BCUT2D eigenvalue weighted by Gasteiger charge is 2.04. The minimum absolute atomic E-state index is 0.766. The first-order valence-electron chi connectivity index (χ1n) is 10.2. The molecule has 0 amide bonds. The molecule has 0 saturated carbocycles. The molecular weight excluding hydrogens is 384 g/mol. The SMILES string of the molecule is Cc1cc(Oc2ccc(Cc3ccc(Oc4ccc(N)c(C)c4)cc3)cc2)ccc1N. The maximum absolute atomic E-state index is 5.93. The van der Waals surface area contributed by atoms with Gasteiger partial charge in [-0.3, -0.25) is 0 Å². The van der Waals surface area contributed by atoms with Crippen molar-refractivity contribution in [1.82, 2.24) is 0 Å². The Kier molecular flexibility index (Phi) is 5.80. The smallest absolute Gasteiger partial charge is 0.127 e. The Morgan fingerprint density at radius 2 is 0.871 bits per heavy atom. The number of hydrogen-bond acceptors (Lipinski definition) is 4. The number of nitrogens with two attached hydrogens (primary N) is 2. The third-order valence-electron chi connectivity index (χ3n) is 5.21. The molecule has 0 aromatic heterocycles. The second kappa shape index (κ2) is 8.84. The topological polar surface area (TPSA) is 70.5 Å². The molecule has 4 nitrogen and oxygen atoms in total. The van der Waals surface area contributed by atoms with E-state index in [0.29, 0.717) is 0 Å². The Bertz CT molecular complexity index is 1090. The van der Waals surface area contributed by atoms with E-state index in [-0.39, 0.29) is 0 Å². The van der Waals surface area contributed by atoms with Gasteiger partial charge in [0.15, 0.2) is 0 Å². The standard InChI is InChI=1S/C27H26N2O2/c1-18-15-24(11-13-26(18)28)30-22-7-3-20(4-8-22)17-21-5-9-23(10-6-21)31-25-12-14-27(29)19(2)16-25/h3-16H,17,28-29H2,1-2H3. The average Bonchev–Trinajstić information content (AvgIpc) is 2.76. The van der Waals surface area contributed by atoms with E-state index in [0.717, 1.165) is 51.9 Å². The number of anilines is 2. The van der Waals surface area contributed by atoms with Crippen LogP contribution < -0.4 is 20.9 Å². The second-order valence-electron chi connectivity index (χ2n) is 7.71. The lowest BCUT2D eigenvalue weighted by Gasteiger charge is -2.10. The van der Waals surface area contributed by atoms with E-state index in [2.05, 4.69) is 24.3 Å². The summed E-state index contributed by atoms with van der Waals surface area (Å²) >= 11 is 0. The van der Waals surface area contributed by atoms with Gasteiger partial charge in [0, 0.05) is 11.4 Å². The van der Waals surface area contributed by atoms with Crippen molar-refractivity contribution in [3.63, 3.8) is 0 Å². The summed E-state index contributed by atoms with van der Waals surface area (Å²) in [5, 5.41) is 0. The van der Waals surface area contributed by atoms with Gasteiger partial charge in [0.1, 0.15) is 23.0 Å². The maximum atomic E-state index is 5.93. The number of nitrogen functional groups attached to an aromatic ring is 2. The zero-order valence-electron chi connectivity index (χ0n) is 17.8. The summed E-state index contributed by atoms with van der Waals surface area (Å²) < 4.78 is 11.9. The average molecular weight is 411 g/mol. The molecule has 0 bridgehead atoms. The van der Waals surface area contributed by atoms with Gasteiger partial charge in [-0.15, -0.1) is 0 Å². The Labute approximate surface area is 183 Å². The van der Waals surface area contributed by atoms with Crippen LogP contribution in [0.25, 0.3) is 0 Å². The Morgan fingerprint density at radius 1 is 0.516 bits per heavy atom. The fourth-order valence-electron chi connectivity index (χ4n) is 3.28. The van der Waals surface area contributed by atoms with Crippen molar-refractivity contribution >= 4 is 11.4 Å². The molecule has 0 aliphatic heterocycles. The van der Waals surface area contributed by atoms with Crippen LogP contribution in [0.1, 0.15) is 22.3 Å². The monoisotopic (exact) mass is 410 g/mol. The number of hydrogen-bond donors (Lipinski definition) is 2. The first-order valence-corrected chi connectivity index (χ1v) is 10.2. The highest BCUT2D eigenvalue weighted by molar-refractivity contribution is 5.51. The fraction of sp³-hybridized carbons (Fsp3) is 0.111. The van der Waals surface area contributed by atoms with Crippen molar-refractivity contribution in [1.29, 1.82) is 0 Å². The predicted molar refractivity (Wildman–Crippen MR) is 127 cm³/mol. The molecular formula is C27H26N2O2. The van der Waals surface area contributed by atoms with Crippen molar-refractivity contribution in [3.05, 3.63) is 107 Å². The van der Waals surface area contributed by atoms with Crippen LogP contribution in [-0.4, -0.2) is 0 Å². The molecule has 0 aliphatic carbocycles. The van der Waals surface area contributed by atoms with Crippen LogP contribution in [0.3, 0.4) is 0 Å². The van der Waals surface area contributed by atoms with Gasteiger partial charge >= 0.3 is 0 Å². The predicted octanol–water partition coefficient (Wildman–Crippen LogP) is 6.64. The van der Waals surface area contributed by atoms with Crippen LogP contribution in [0.2, 0.25) is 0 Å². The summed E-state index contributed by atoms with van der Waals surface area (Å²) in [5.41, 5.74) is 17.7. The molecule has 0 aliphatic rings. The number of ether oxygens (including phenoxy) is 2. The van der Waals surface area contributed by atoms with E-state index in [1.54, 1.807) is 0 Å². The quantitative estimate of drug-likeness (QED) is 0.349. The van der Waals surface area contributed by atoms with Gasteiger partial charge in [0.25, 0.3) is 0 Å².